The SMILES string of the molecule is CCc1cccc(CC(=O)CBr)c1C. The van der Waals surface area contributed by atoms with Crippen molar-refractivity contribution in [2.45, 2.75) is 26.7 Å². The molecule has 0 atom stereocenters. The first kappa shape index (κ1) is 11.4. The molecule has 1 nitrogen and oxygen atoms in total. The maximum atomic E-state index is 11.3. The number of halogens is 1. The van der Waals surface area contributed by atoms with Crippen molar-refractivity contribution >= 4 is 21.7 Å². The molecule has 0 saturated heterocycles. The summed E-state index contributed by atoms with van der Waals surface area (Å²) in [5.41, 5.74) is 3.77. The first-order valence-electron chi connectivity index (χ1n) is 4.84. The Bertz CT molecular complexity index is 331. The van der Waals surface area contributed by atoms with E-state index in [2.05, 4.69) is 35.8 Å². The molecule has 0 heterocycles. The van der Waals surface area contributed by atoms with Crippen molar-refractivity contribution < 1.29 is 4.79 Å². The van der Waals surface area contributed by atoms with Crippen molar-refractivity contribution in [1.29, 1.82) is 0 Å². The van der Waals surface area contributed by atoms with Crippen LogP contribution in [0.25, 0.3) is 0 Å². The van der Waals surface area contributed by atoms with E-state index >= 15 is 0 Å². The second kappa shape index (κ2) is 5.30. The highest BCUT2D eigenvalue weighted by molar-refractivity contribution is 9.09. The second-order valence-corrected chi connectivity index (χ2v) is 3.96. The summed E-state index contributed by atoms with van der Waals surface area (Å²) in [5, 5.41) is 0.447. The van der Waals surface area contributed by atoms with Crippen LogP contribution in [-0.4, -0.2) is 11.1 Å². The molecule has 1 aromatic carbocycles. The zero-order chi connectivity index (χ0) is 10.6. The van der Waals surface area contributed by atoms with Gasteiger partial charge in [-0.3, -0.25) is 4.79 Å². The van der Waals surface area contributed by atoms with E-state index in [4.69, 9.17) is 0 Å². The van der Waals surface area contributed by atoms with Gasteiger partial charge >= 0.3 is 0 Å². The highest BCUT2D eigenvalue weighted by Crippen LogP contribution is 2.15. The van der Waals surface area contributed by atoms with Crippen molar-refractivity contribution in [1.82, 2.24) is 0 Å². The highest BCUT2D eigenvalue weighted by Gasteiger charge is 2.06. The summed E-state index contributed by atoms with van der Waals surface area (Å²) < 4.78 is 0. The molecular formula is C12H15BrO. The summed E-state index contributed by atoms with van der Waals surface area (Å²) in [7, 11) is 0. The minimum atomic E-state index is 0.237. The summed E-state index contributed by atoms with van der Waals surface area (Å²) in [6.07, 6.45) is 1.58. The molecule has 0 saturated carbocycles. The van der Waals surface area contributed by atoms with Crippen LogP contribution in [0, 0.1) is 6.92 Å². The van der Waals surface area contributed by atoms with Crippen LogP contribution in [0.5, 0.6) is 0 Å². The maximum absolute atomic E-state index is 11.3. The molecule has 0 bridgehead atoms. The van der Waals surface area contributed by atoms with Gasteiger partial charge in [0.25, 0.3) is 0 Å². The Morgan fingerprint density at radius 2 is 2.00 bits per heavy atom. The van der Waals surface area contributed by atoms with E-state index in [-0.39, 0.29) is 5.78 Å². The lowest BCUT2D eigenvalue weighted by Crippen LogP contribution is -2.05. The average Bonchev–Trinajstić information content (AvgIpc) is 2.21. The summed E-state index contributed by atoms with van der Waals surface area (Å²) >= 11 is 3.18. The molecule has 0 N–H and O–H groups in total. The number of aryl methyl sites for hydroxylation is 1. The number of alkyl halides is 1. The van der Waals surface area contributed by atoms with Crippen LogP contribution in [0.1, 0.15) is 23.6 Å². The van der Waals surface area contributed by atoms with Crippen LogP contribution >= 0.6 is 15.9 Å². The third-order valence-corrected chi connectivity index (χ3v) is 3.10. The number of hydrogen-bond donors (Lipinski definition) is 0. The smallest absolute Gasteiger partial charge is 0.147 e. The van der Waals surface area contributed by atoms with Gasteiger partial charge in [0, 0.05) is 6.42 Å². The third-order valence-electron chi connectivity index (χ3n) is 2.48. The number of hydrogen-bond acceptors (Lipinski definition) is 1. The molecular weight excluding hydrogens is 240 g/mol. The summed E-state index contributed by atoms with van der Waals surface area (Å²) in [5.74, 6) is 0.237. The zero-order valence-corrected chi connectivity index (χ0v) is 10.2. The van der Waals surface area contributed by atoms with Gasteiger partial charge in [0.2, 0.25) is 0 Å². The van der Waals surface area contributed by atoms with Gasteiger partial charge in [-0.05, 0) is 30.0 Å². The maximum Gasteiger partial charge on any atom is 0.147 e. The molecule has 1 rings (SSSR count). The highest BCUT2D eigenvalue weighted by atomic mass is 79.9. The molecule has 0 fully saturated rings. The predicted octanol–water partition coefficient (Wildman–Crippen LogP) is 3.06. The zero-order valence-electron chi connectivity index (χ0n) is 8.64. The molecule has 0 aliphatic rings. The molecule has 0 spiro atoms. The number of carbonyl (C=O) groups is 1. The van der Waals surface area contributed by atoms with Gasteiger partial charge < -0.3 is 0 Å². The van der Waals surface area contributed by atoms with Crippen molar-refractivity contribution in [3.63, 3.8) is 0 Å². The molecule has 0 unspecified atom stereocenters. The van der Waals surface area contributed by atoms with Crippen LogP contribution in [-0.2, 0) is 17.6 Å². The van der Waals surface area contributed by atoms with Gasteiger partial charge in [0.1, 0.15) is 5.78 Å². The Hall–Kier alpha value is -0.630. The van der Waals surface area contributed by atoms with Crippen LogP contribution in [0.3, 0.4) is 0 Å². The Morgan fingerprint density at radius 1 is 1.36 bits per heavy atom. The van der Waals surface area contributed by atoms with E-state index in [0.717, 1.165) is 12.0 Å². The molecule has 0 amide bonds. The van der Waals surface area contributed by atoms with Crippen LogP contribution < -0.4 is 0 Å². The van der Waals surface area contributed by atoms with E-state index in [1.165, 1.54) is 11.1 Å². The summed E-state index contributed by atoms with van der Waals surface area (Å²) in [6.45, 7) is 4.23. The molecule has 14 heavy (non-hydrogen) atoms. The van der Waals surface area contributed by atoms with E-state index < -0.39 is 0 Å². The standard InChI is InChI=1S/C12H15BrO/c1-3-10-5-4-6-11(9(10)2)7-12(14)8-13/h4-6H,3,7-8H2,1-2H3. The lowest BCUT2D eigenvalue weighted by atomic mass is 9.97. The first-order valence-corrected chi connectivity index (χ1v) is 5.96. The third kappa shape index (κ3) is 2.68. The van der Waals surface area contributed by atoms with E-state index in [0.29, 0.717) is 11.8 Å². The lowest BCUT2D eigenvalue weighted by Gasteiger charge is -2.08. The largest absolute Gasteiger partial charge is 0.298 e. The van der Waals surface area contributed by atoms with Gasteiger partial charge in [-0.15, -0.1) is 0 Å². The first-order chi connectivity index (χ1) is 6.69. The van der Waals surface area contributed by atoms with Crippen molar-refractivity contribution in [3.8, 4) is 0 Å². The topological polar surface area (TPSA) is 17.1 Å². The summed E-state index contributed by atoms with van der Waals surface area (Å²) in [4.78, 5) is 11.3. The van der Waals surface area contributed by atoms with E-state index in [9.17, 15) is 4.79 Å². The number of benzene rings is 1. The van der Waals surface area contributed by atoms with Gasteiger partial charge in [0.15, 0.2) is 0 Å². The molecule has 0 radical (unpaired) electrons. The quantitative estimate of drug-likeness (QED) is 0.756. The van der Waals surface area contributed by atoms with Crippen molar-refractivity contribution in [2.24, 2.45) is 0 Å². The molecule has 0 aliphatic carbocycles. The molecule has 76 valence electrons. The molecule has 1 aromatic rings. The van der Waals surface area contributed by atoms with Crippen molar-refractivity contribution in [3.05, 3.63) is 34.9 Å². The lowest BCUT2D eigenvalue weighted by molar-refractivity contribution is -0.115. The van der Waals surface area contributed by atoms with E-state index in [1.54, 1.807) is 0 Å². The molecule has 2 heteroatoms. The Morgan fingerprint density at radius 3 is 2.57 bits per heavy atom. The van der Waals surface area contributed by atoms with Gasteiger partial charge in [0.05, 0.1) is 5.33 Å². The van der Waals surface area contributed by atoms with Gasteiger partial charge in [-0.25, -0.2) is 0 Å². The minimum Gasteiger partial charge on any atom is -0.298 e. The Labute approximate surface area is 93.7 Å². The number of rotatable bonds is 4. The molecule has 0 aromatic heterocycles. The fraction of sp³-hybridized carbons (Fsp3) is 0.417. The van der Waals surface area contributed by atoms with Crippen molar-refractivity contribution in [2.75, 3.05) is 5.33 Å². The van der Waals surface area contributed by atoms with Crippen LogP contribution in [0.2, 0.25) is 0 Å². The predicted molar refractivity (Wildman–Crippen MR) is 63.1 cm³/mol. The Balaban J connectivity index is 2.92. The second-order valence-electron chi connectivity index (χ2n) is 3.40. The van der Waals surface area contributed by atoms with E-state index in [1.807, 2.05) is 12.1 Å². The van der Waals surface area contributed by atoms with Crippen LogP contribution in [0.4, 0.5) is 0 Å². The number of Topliss-reactive ketones (excluding diaryl/α,β-unsaturated/α-hetero) is 1. The van der Waals surface area contributed by atoms with Crippen LogP contribution in [0.15, 0.2) is 18.2 Å². The van der Waals surface area contributed by atoms with Gasteiger partial charge in [-0.2, -0.15) is 0 Å². The average molecular weight is 255 g/mol. The normalized spacial score (nSPS) is 10.2. The monoisotopic (exact) mass is 254 g/mol. The Kier molecular flexibility index (Phi) is 4.33. The fourth-order valence-corrected chi connectivity index (χ4v) is 1.77. The fourth-order valence-electron chi connectivity index (χ4n) is 1.57. The number of carbonyl (C=O) groups excluding carboxylic acids is 1. The summed E-state index contributed by atoms with van der Waals surface area (Å²) in [6, 6.07) is 6.19. The minimum absolute atomic E-state index is 0.237. The number of ketones is 1. The van der Waals surface area contributed by atoms with Gasteiger partial charge in [-0.1, -0.05) is 41.1 Å². The molecule has 0 aliphatic heterocycles.